The third-order valence-corrected chi connectivity index (χ3v) is 1.41. The van der Waals surface area contributed by atoms with E-state index in [2.05, 4.69) is 20.4 Å². The van der Waals surface area contributed by atoms with E-state index >= 15 is 0 Å². The van der Waals surface area contributed by atoms with Crippen LogP contribution in [0.1, 0.15) is 0 Å². The molecule has 2 rings (SSSR count). The van der Waals surface area contributed by atoms with Gasteiger partial charge in [-0.05, 0) is 0 Å². The molecule has 2 heterocycles. The maximum atomic E-state index is 10.4. The molecule has 0 amide bonds. The fourth-order valence-corrected chi connectivity index (χ4v) is 0.891. The van der Waals surface area contributed by atoms with Gasteiger partial charge in [-0.15, -0.1) is 5.10 Å². The van der Waals surface area contributed by atoms with E-state index in [0.717, 1.165) is 6.20 Å². The molecule has 7 nitrogen and oxygen atoms in total. The van der Waals surface area contributed by atoms with Crippen molar-refractivity contribution >= 4 is 16.7 Å². The van der Waals surface area contributed by atoms with Crippen molar-refractivity contribution in [2.24, 2.45) is 0 Å². The van der Waals surface area contributed by atoms with Crippen LogP contribution in [0.15, 0.2) is 12.4 Å². The summed E-state index contributed by atoms with van der Waals surface area (Å²) in [6.07, 6.45) is 2.55. The predicted octanol–water partition coefficient (Wildman–Crippen LogP) is 0.261. The van der Waals surface area contributed by atoms with Crippen molar-refractivity contribution in [3.8, 4) is 0 Å². The zero-order valence-electron chi connectivity index (χ0n) is 5.76. The maximum Gasteiger partial charge on any atom is 0.317 e. The molecule has 0 aromatic carbocycles. The van der Waals surface area contributed by atoms with E-state index in [4.69, 9.17) is 0 Å². The van der Waals surface area contributed by atoms with Crippen LogP contribution in [0.5, 0.6) is 0 Å². The topological polar surface area (TPSA) is 97.6 Å². The summed E-state index contributed by atoms with van der Waals surface area (Å²) in [5, 5.41) is 20.0. The van der Waals surface area contributed by atoms with Gasteiger partial charge in [-0.3, -0.25) is 15.1 Å². The first-order chi connectivity index (χ1) is 5.79. The van der Waals surface area contributed by atoms with Crippen molar-refractivity contribution in [1.82, 2.24) is 20.4 Å². The molecular weight excluding hydrogens is 162 g/mol. The quantitative estimate of drug-likeness (QED) is 0.482. The molecular formula is C5H3N5O2. The molecule has 0 spiro atoms. The second kappa shape index (κ2) is 2.22. The molecule has 0 aliphatic rings. The number of nitrogens with one attached hydrogen (secondary N) is 1. The number of rotatable bonds is 1. The minimum atomic E-state index is -0.544. The van der Waals surface area contributed by atoms with Crippen LogP contribution in [0.25, 0.3) is 11.0 Å². The number of pyridine rings is 1. The van der Waals surface area contributed by atoms with Gasteiger partial charge < -0.3 is 0 Å². The molecule has 0 aliphatic carbocycles. The minimum Gasteiger partial charge on any atom is -0.258 e. The Kier molecular flexibility index (Phi) is 1.23. The van der Waals surface area contributed by atoms with Gasteiger partial charge in [-0.2, -0.15) is 10.3 Å². The van der Waals surface area contributed by atoms with Gasteiger partial charge in [0.05, 0.1) is 11.1 Å². The molecule has 0 fully saturated rings. The van der Waals surface area contributed by atoms with Gasteiger partial charge >= 0.3 is 5.69 Å². The van der Waals surface area contributed by atoms with Crippen LogP contribution >= 0.6 is 0 Å². The summed E-state index contributed by atoms with van der Waals surface area (Å²) in [7, 11) is 0. The number of nitrogens with zero attached hydrogens (tertiary/aromatic N) is 4. The molecule has 1 N–H and O–H groups in total. The predicted molar refractivity (Wildman–Crippen MR) is 38.3 cm³/mol. The summed E-state index contributed by atoms with van der Waals surface area (Å²) in [6, 6.07) is 0. The molecule has 12 heavy (non-hydrogen) atoms. The second-order valence-electron chi connectivity index (χ2n) is 2.11. The van der Waals surface area contributed by atoms with E-state index in [-0.39, 0.29) is 11.2 Å². The Morgan fingerprint density at radius 2 is 2.25 bits per heavy atom. The summed E-state index contributed by atoms with van der Waals surface area (Å²) in [5.74, 6) is 0. The van der Waals surface area contributed by atoms with Crippen LogP contribution < -0.4 is 0 Å². The van der Waals surface area contributed by atoms with Gasteiger partial charge in [-0.1, -0.05) is 0 Å². The number of hydrogen-bond acceptors (Lipinski definition) is 5. The van der Waals surface area contributed by atoms with Crippen molar-refractivity contribution in [3.63, 3.8) is 0 Å². The van der Waals surface area contributed by atoms with Gasteiger partial charge in [0, 0.05) is 0 Å². The fraction of sp³-hybridized carbons (Fsp3) is 0. The van der Waals surface area contributed by atoms with Crippen molar-refractivity contribution in [2.45, 2.75) is 0 Å². The normalized spacial score (nSPS) is 10.3. The van der Waals surface area contributed by atoms with Gasteiger partial charge in [0.1, 0.15) is 11.7 Å². The summed E-state index contributed by atoms with van der Waals surface area (Å²) >= 11 is 0. The molecule has 0 atom stereocenters. The third-order valence-electron chi connectivity index (χ3n) is 1.41. The average molecular weight is 165 g/mol. The van der Waals surface area contributed by atoms with Crippen LogP contribution in [0.4, 0.5) is 5.69 Å². The molecule has 0 radical (unpaired) electrons. The SMILES string of the molecule is O=[N+]([O-])c1cncc2n[nH]nc12. The number of nitro groups is 1. The maximum absolute atomic E-state index is 10.4. The Labute approximate surface area is 65.6 Å². The number of fused-ring (bicyclic) bond motifs is 1. The molecule has 2 aromatic heterocycles. The van der Waals surface area contributed by atoms with Crippen molar-refractivity contribution in [3.05, 3.63) is 22.5 Å². The average Bonchev–Trinajstić information content (AvgIpc) is 2.49. The minimum absolute atomic E-state index is 0.138. The first-order valence-corrected chi connectivity index (χ1v) is 3.08. The Hall–Kier alpha value is -2.05. The highest BCUT2D eigenvalue weighted by Gasteiger charge is 2.14. The lowest BCUT2D eigenvalue weighted by atomic mass is 10.4. The van der Waals surface area contributed by atoms with Crippen LogP contribution in [0.3, 0.4) is 0 Å². The van der Waals surface area contributed by atoms with Gasteiger partial charge in [0.15, 0.2) is 5.52 Å². The molecule has 60 valence electrons. The highest BCUT2D eigenvalue weighted by atomic mass is 16.6. The van der Waals surface area contributed by atoms with E-state index < -0.39 is 4.92 Å². The lowest BCUT2D eigenvalue weighted by Crippen LogP contribution is -1.90. The molecule has 7 heteroatoms. The summed E-state index contributed by atoms with van der Waals surface area (Å²) in [5.41, 5.74) is 0.487. The first-order valence-electron chi connectivity index (χ1n) is 3.08. The smallest absolute Gasteiger partial charge is 0.258 e. The summed E-state index contributed by atoms with van der Waals surface area (Å²) in [6.45, 7) is 0. The largest absolute Gasteiger partial charge is 0.317 e. The number of H-pyrrole nitrogens is 1. The van der Waals surface area contributed by atoms with Gasteiger partial charge in [-0.25, -0.2) is 0 Å². The van der Waals surface area contributed by atoms with Gasteiger partial charge in [0.25, 0.3) is 0 Å². The Bertz CT molecular complexity index is 436. The molecule has 0 unspecified atom stereocenters. The summed E-state index contributed by atoms with van der Waals surface area (Å²) < 4.78 is 0. The number of aromatic amines is 1. The van der Waals surface area contributed by atoms with Crippen LogP contribution in [0, 0.1) is 10.1 Å². The third kappa shape index (κ3) is 0.797. The van der Waals surface area contributed by atoms with Crippen molar-refractivity contribution < 1.29 is 4.92 Å². The van der Waals surface area contributed by atoms with Gasteiger partial charge in [0.2, 0.25) is 0 Å². The van der Waals surface area contributed by atoms with Crippen LogP contribution in [0.2, 0.25) is 0 Å². The van der Waals surface area contributed by atoms with E-state index in [9.17, 15) is 10.1 Å². The van der Waals surface area contributed by atoms with E-state index in [1.165, 1.54) is 6.20 Å². The van der Waals surface area contributed by atoms with E-state index in [0.29, 0.717) is 5.52 Å². The Morgan fingerprint density at radius 3 is 3.00 bits per heavy atom. The summed E-state index contributed by atoms with van der Waals surface area (Å²) in [4.78, 5) is 13.5. The molecule has 0 saturated carbocycles. The standard InChI is InChI=1S/C5H3N5O2/c11-10(12)4-2-6-1-3-5(4)8-9-7-3/h1-2H,(H,7,8,9). The van der Waals surface area contributed by atoms with Crippen LogP contribution in [-0.2, 0) is 0 Å². The monoisotopic (exact) mass is 165 g/mol. The lowest BCUT2D eigenvalue weighted by molar-refractivity contribution is -0.383. The molecule has 2 aromatic rings. The van der Waals surface area contributed by atoms with Crippen LogP contribution in [-0.4, -0.2) is 25.3 Å². The van der Waals surface area contributed by atoms with E-state index in [1.54, 1.807) is 0 Å². The second-order valence-corrected chi connectivity index (χ2v) is 2.11. The Balaban J connectivity index is 2.82. The molecule has 0 saturated heterocycles. The van der Waals surface area contributed by atoms with Crippen molar-refractivity contribution in [1.29, 1.82) is 0 Å². The fourth-order valence-electron chi connectivity index (χ4n) is 0.891. The molecule has 0 aliphatic heterocycles. The zero-order valence-corrected chi connectivity index (χ0v) is 5.76. The number of hydrogen-bond donors (Lipinski definition) is 1. The molecule has 0 bridgehead atoms. The number of aromatic nitrogens is 4. The first kappa shape index (κ1) is 6.65. The highest BCUT2D eigenvalue weighted by molar-refractivity contribution is 5.81. The highest BCUT2D eigenvalue weighted by Crippen LogP contribution is 2.18. The lowest BCUT2D eigenvalue weighted by Gasteiger charge is -1.88. The zero-order chi connectivity index (χ0) is 8.55. The Morgan fingerprint density at radius 1 is 1.42 bits per heavy atom. The van der Waals surface area contributed by atoms with Crippen molar-refractivity contribution in [2.75, 3.05) is 0 Å². The van der Waals surface area contributed by atoms with E-state index in [1.807, 2.05) is 0 Å².